The molecule has 5 heterocycles. The van der Waals surface area contributed by atoms with Crippen LogP contribution in [0.15, 0.2) is 70.9 Å². The van der Waals surface area contributed by atoms with E-state index < -0.39 is 106 Å². The number of aliphatic hydroxyl groups excluding tert-OH is 3. The van der Waals surface area contributed by atoms with Crippen LogP contribution in [-0.2, 0) is 30.3 Å². The van der Waals surface area contributed by atoms with Crippen molar-refractivity contribution < 1.29 is 68.4 Å². The number of ether oxygens (including phenoxy) is 4. The molecule has 402 valence electrons. The Hall–Kier alpha value is -7.42. The lowest BCUT2D eigenvalue weighted by Gasteiger charge is -2.38. The fourth-order valence-electron chi connectivity index (χ4n) is 10.2. The number of piperazine rings is 1. The molecular weight excluding hydrogens is 974 g/mol. The van der Waals surface area contributed by atoms with E-state index >= 15 is 4.39 Å². The number of benzene rings is 3. The number of methoxy groups -OCH3 is 1. The van der Waals surface area contributed by atoms with Crippen molar-refractivity contribution in [1.82, 2.24) is 9.58 Å². The highest BCUT2D eigenvalue weighted by atomic mass is 19.1. The smallest absolute Gasteiger partial charge is 0.312 e. The van der Waals surface area contributed by atoms with Gasteiger partial charge < -0.3 is 64.4 Å². The summed E-state index contributed by atoms with van der Waals surface area (Å²) in [5.41, 5.74) is -0.705. The number of aliphatic hydroxyl groups is 3. The predicted octanol–water partition coefficient (Wildman–Crippen LogP) is 6.91. The van der Waals surface area contributed by atoms with Crippen LogP contribution in [0.1, 0.15) is 82.4 Å². The molecule has 4 aromatic rings. The first-order valence-corrected chi connectivity index (χ1v) is 24.7. The number of aromatic hydroxyl groups is 3. The first-order valence-electron chi connectivity index (χ1n) is 24.7. The Morgan fingerprint density at radius 1 is 0.973 bits per heavy atom. The number of phenolic OH excluding ortho intramolecular Hbond substituents is 3. The SMILES string of the molecule is C=C(O)c1cn(CC)c2cc(N3CCN(/N=C\c4c5c(O)c6c(O)c(C)c7c(c6c4O)C(=O)[C@@](C)(O/C=C/[C@H](OC)[C@@H](C)[C@@H](OC(C)=O)[C@H](C)[C@H](O)[C@H](C)[C@@H](O)[C@@H](C)/C=C/C=C(/C)C(=O)N5)O7)CC3)c(F)cc2c1=O. The van der Waals surface area contributed by atoms with E-state index in [1.807, 2.05) is 6.92 Å². The van der Waals surface area contributed by atoms with Crippen molar-refractivity contribution >= 4 is 62.7 Å². The molecule has 0 unspecified atom stereocenters. The molecule has 4 aliphatic rings. The number of fused-ring (bicyclic) bond motifs is 15. The van der Waals surface area contributed by atoms with Crippen molar-refractivity contribution in [1.29, 1.82) is 0 Å². The van der Waals surface area contributed by atoms with Gasteiger partial charge in [-0.3, -0.25) is 24.2 Å². The number of ketones is 1. The number of phenols is 3. The number of allylic oxidation sites excluding steroid dienone is 2. The van der Waals surface area contributed by atoms with E-state index in [2.05, 4.69) is 17.0 Å². The normalized spacial score (nSPS) is 27.5. The molecule has 1 saturated heterocycles. The van der Waals surface area contributed by atoms with Gasteiger partial charge in [0.25, 0.3) is 11.7 Å². The summed E-state index contributed by atoms with van der Waals surface area (Å²) in [6.07, 6.45) is 5.85. The number of halogens is 1. The largest absolute Gasteiger partial charge is 0.508 e. The number of Topliss-reactive ketones (excluding diaryl/α,β-unsaturated/α-hetero) is 1. The van der Waals surface area contributed by atoms with Gasteiger partial charge in [0.1, 0.15) is 34.9 Å². The van der Waals surface area contributed by atoms with Gasteiger partial charge in [-0.15, -0.1) is 0 Å². The van der Waals surface area contributed by atoms with Crippen LogP contribution >= 0.6 is 0 Å². The third-order valence-corrected chi connectivity index (χ3v) is 14.8. The second-order valence-electron chi connectivity index (χ2n) is 19.7. The van der Waals surface area contributed by atoms with Crippen LogP contribution in [0.2, 0.25) is 0 Å². The van der Waals surface area contributed by atoms with Gasteiger partial charge in [-0.05, 0) is 39.0 Å². The van der Waals surface area contributed by atoms with Crippen molar-refractivity contribution in [3.8, 4) is 23.0 Å². The second kappa shape index (κ2) is 21.8. The highest BCUT2D eigenvalue weighted by Crippen LogP contribution is 2.55. The summed E-state index contributed by atoms with van der Waals surface area (Å²) >= 11 is 0. The highest BCUT2D eigenvalue weighted by Gasteiger charge is 2.50. The summed E-state index contributed by atoms with van der Waals surface area (Å²) in [7, 11) is 1.41. The zero-order valence-corrected chi connectivity index (χ0v) is 43.7. The number of carbonyl (C=O) groups is 3. The van der Waals surface area contributed by atoms with Crippen LogP contribution in [0.25, 0.3) is 27.4 Å². The Kier molecular flexibility index (Phi) is 16.1. The highest BCUT2D eigenvalue weighted by molar-refractivity contribution is 6.24. The first kappa shape index (κ1) is 55.3. The van der Waals surface area contributed by atoms with E-state index in [1.165, 1.54) is 65.6 Å². The Morgan fingerprint density at radius 3 is 2.28 bits per heavy atom. The number of nitrogens with zero attached hydrogens (tertiary/aromatic N) is 4. The lowest BCUT2D eigenvalue weighted by Crippen LogP contribution is -2.46. The van der Waals surface area contributed by atoms with Crippen molar-refractivity contribution in [3.05, 3.63) is 99.3 Å². The lowest BCUT2D eigenvalue weighted by molar-refractivity contribution is -0.160. The molecule has 0 aliphatic carbocycles. The van der Waals surface area contributed by atoms with Gasteiger partial charge in [-0.2, -0.15) is 5.10 Å². The topological polar surface area (TPSA) is 262 Å². The number of pyridine rings is 1. The molecule has 9 atom stereocenters. The third-order valence-electron chi connectivity index (χ3n) is 14.8. The van der Waals surface area contributed by atoms with E-state index in [1.54, 1.807) is 60.4 Å². The molecule has 0 saturated carbocycles. The van der Waals surface area contributed by atoms with E-state index in [-0.39, 0.29) is 87.3 Å². The standard InChI is InChI=1S/C55H66FN5O14/c1-12-59-25-36(32(8)62)48(67)34-22-37(56)39(23-38(34)59)60-17-19-61(20-18-60)57-24-35-44-50(69)42-41(49(35)68)43-52(31(7)47(42)66)75-55(10,53(43)70)73-21-16-40(72-11)28(4)51(74-33(9)63)30(6)46(65)29(5)45(64)26(2)14-13-15-27(3)54(71)58-44/h13-16,21-26,28-30,40,45-46,51,62,64-66,68-69H,8,12,17-20H2,1-7,9-11H3,(H,58,71)/b14-13+,21-16+,27-15-,57-24-/t26-,28+,29+,30+,40-,45-,46+,51+,55-/m0/s1. The number of anilines is 2. The maximum Gasteiger partial charge on any atom is 0.312 e. The third kappa shape index (κ3) is 10.4. The fraction of sp³-hybridized carbons (Fsp3) is 0.436. The maximum atomic E-state index is 15.8. The van der Waals surface area contributed by atoms with Crippen molar-refractivity contribution in [2.45, 2.75) is 99.1 Å². The average Bonchev–Trinajstić information content (AvgIpc) is 3.64. The minimum absolute atomic E-state index is 0.00695. The number of hydrogen-bond donors (Lipinski definition) is 7. The van der Waals surface area contributed by atoms with E-state index in [0.29, 0.717) is 12.1 Å². The summed E-state index contributed by atoms with van der Waals surface area (Å²) in [5.74, 6) is -10.2. The molecule has 1 amide bonds. The Labute approximate surface area is 433 Å². The minimum atomic E-state index is -2.13. The van der Waals surface area contributed by atoms with Gasteiger partial charge >= 0.3 is 11.8 Å². The Morgan fingerprint density at radius 2 is 1.65 bits per heavy atom. The summed E-state index contributed by atoms with van der Waals surface area (Å²) in [6, 6.07) is 2.73. The summed E-state index contributed by atoms with van der Waals surface area (Å²) < 4.78 is 41.3. The maximum absolute atomic E-state index is 15.8. The lowest BCUT2D eigenvalue weighted by atomic mass is 9.78. The number of aromatic nitrogens is 1. The summed E-state index contributed by atoms with van der Waals surface area (Å²) in [6.45, 7) is 18.9. The van der Waals surface area contributed by atoms with E-state index in [0.717, 1.165) is 6.07 Å². The van der Waals surface area contributed by atoms with Gasteiger partial charge in [0.2, 0.25) is 0 Å². The van der Waals surface area contributed by atoms with Crippen molar-refractivity contribution in [3.63, 3.8) is 0 Å². The molecule has 0 radical (unpaired) electrons. The molecule has 1 fully saturated rings. The zero-order chi connectivity index (χ0) is 55.1. The molecule has 0 spiro atoms. The van der Waals surface area contributed by atoms with Crippen molar-refractivity contribution in [2.24, 2.45) is 28.8 Å². The molecule has 8 rings (SSSR count). The van der Waals surface area contributed by atoms with Crippen molar-refractivity contribution in [2.75, 3.05) is 43.5 Å². The Balaban J connectivity index is 1.30. The first-order chi connectivity index (χ1) is 35.4. The number of hydrogen-bond acceptors (Lipinski definition) is 17. The number of aryl methyl sites for hydroxylation is 1. The zero-order valence-electron chi connectivity index (χ0n) is 43.7. The van der Waals surface area contributed by atoms with Crippen LogP contribution in [0.5, 0.6) is 23.0 Å². The van der Waals surface area contributed by atoms with E-state index in [4.69, 9.17) is 18.9 Å². The van der Waals surface area contributed by atoms with Gasteiger partial charge in [0.15, 0.2) is 11.2 Å². The number of carbonyl (C=O) groups excluding carboxylic acids is 3. The molecule has 75 heavy (non-hydrogen) atoms. The van der Waals surface area contributed by atoms with Gasteiger partial charge in [-0.25, -0.2) is 4.39 Å². The minimum Gasteiger partial charge on any atom is -0.508 e. The molecule has 3 aromatic carbocycles. The van der Waals surface area contributed by atoms with Crippen LogP contribution in [0.4, 0.5) is 15.8 Å². The van der Waals surface area contributed by atoms with E-state index in [9.17, 15) is 49.8 Å². The number of nitrogens with one attached hydrogen (secondary N) is 1. The summed E-state index contributed by atoms with van der Waals surface area (Å²) in [4.78, 5) is 56.1. The number of hydrazone groups is 1. The van der Waals surface area contributed by atoms with Crippen LogP contribution in [0, 0.1) is 36.4 Å². The number of amides is 1. The molecule has 20 heteroatoms. The summed E-state index contributed by atoms with van der Waals surface area (Å²) in [5, 5.41) is 77.6. The molecule has 1 aromatic heterocycles. The second-order valence-corrected chi connectivity index (χ2v) is 19.7. The molecule has 5 bridgehead atoms. The number of esters is 1. The van der Waals surface area contributed by atoms with Crippen LogP contribution < -0.4 is 20.4 Å². The monoisotopic (exact) mass is 1040 g/mol. The molecule has 19 nitrogen and oxygen atoms in total. The Bertz CT molecular complexity index is 3140. The number of rotatable bonds is 7. The van der Waals surface area contributed by atoms with Gasteiger partial charge in [0.05, 0.1) is 82.8 Å². The quantitative estimate of drug-likeness (QED) is 0.0326. The van der Waals surface area contributed by atoms with Gasteiger partial charge in [-0.1, -0.05) is 52.5 Å². The fourth-order valence-corrected chi connectivity index (χ4v) is 10.2. The molecule has 7 N–H and O–H groups in total. The average molecular weight is 1040 g/mol. The van der Waals surface area contributed by atoms with Gasteiger partial charge in [0, 0.05) is 92.4 Å². The molecule has 4 aliphatic heterocycles. The molecular formula is C55H66FN5O14. The van der Waals surface area contributed by atoms with Crippen LogP contribution in [-0.4, -0.2) is 128 Å². The van der Waals surface area contributed by atoms with Crippen LogP contribution in [0.3, 0.4) is 0 Å². The predicted molar refractivity (Wildman–Crippen MR) is 281 cm³/mol.